The zero-order valence-electron chi connectivity index (χ0n) is 19.1. The number of piperidine rings is 1. The first-order chi connectivity index (χ1) is 15.9. The monoisotopic (exact) mass is 470 g/mol. The quantitative estimate of drug-likeness (QED) is 0.670. The molecule has 2 aliphatic rings. The molecule has 33 heavy (non-hydrogen) atoms. The van der Waals surface area contributed by atoms with E-state index in [1.165, 1.54) is 16.4 Å². The van der Waals surface area contributed by atoms with Crippen LogP contribution in [0.15, 0.2) is 47.4 Å². The van der Waals surface area contributed by atoms with Crippen LogP contribution in [0.25, 0.3) is 0 Å². The molecule has 4 rings (SSSR count). The van der Waals surface area contributed by atoms with E-state index in [1.807, 2.05) is 18.2 Å². The van der Waals surface area contributed by atoms with Crippen molar-refractivity contribution >= 4 is 10.0 Å². The highest BCUT2D eigenvalue weighted by atomic mass is 32.2. The van der Waals surface area contributed by atoms with Crippen molar-refractivity contribution in [1.29, 1.82) is 5.26 Å². The lowest BCUT2D eigenvalue weighted by Gasteiger charge is -2.38. The fraction of sp³-hybridized carbons (Fsp3) is 0.480. The maximum absolute atomic E-state index is 13.7. The molecule has 6 nitrogen and oxygen atoms in total. The Morgan fingerprint density at radius 1 is 1.03 bits per heavy atom. The van der Waals surface area contributed by atoms with Crippen LogP contribution in [0.2, 0.25) is 0 Å². The van der Waals surface area contributed by atoms with E-state index in [2.05, 4.69) is 21.9 Å². The van der Waals surface area contributed by atoms with E-state index in [9.17, 15) is 12.8 Å². The van der Waals surface area contributed by atoms with Gasteiger partial charge in [0.1, 0.15) is 5.82 Å². The van der Waals surface area contributed by atoms with E-state index in [4.69, 9.17) is 5.26 Å². The van der Waals surface area contributed by atoms with Crippen LogP contribution in [0.1, 0.15) is 36.0 Å². The van der Waals surface area contributed by atoms with Crippen LogP contribution < -0.4 is 0 Å². The summed E-state index contributed by atoms with van der Waals surface area (Å²) < 4.78 is 41.6. The van der Waals surface area contributed by atoms with Gasteiger partial charge in [-0.2, -0.15) is 9.57 Å². The average molecular weight is 471 g/mol. The molecular formula is C25H31FN4O2S. The van der Waals surface area contributed by atoms with E-state index in [0.717, 1.165) is 57.1 Å². The Bertz CT molecular complexity index is 1120. The molecule has 0 radical (unpaired) electrons. The Kier molecular flexibility index (Phi) is 7.45. The van der Waals surface area contributed by atoms with Gasteiger partial charge in [-0.1, -0.05) is 18.2 Å². The molecule has 0 bridgehead atoms. The highest BCUT2D eigenvalue weighted by molar-refractivity contribution is 7.89. The van der Waals surface area contributed by atoms with Crippen molar-refractivity contribution < 1.29 is 12.8 Å². The molecule has 0 aliphatic carbocycles. The number of nitriles is 1. The van der Waals surface area contributed by atoms with Crippen molar-refractivity contribution in [3.05, 3.63) is 65.0 Å². The van der Waals surface area contributed by atoms with Crippen molar-refractivity contribution in [2.45, 2.75) is 43.7 Å². The van der Waals surface area contributed by atoms with Gasteiger partial charge in [0.15, 0.2) is 0 Å². The summed E-state index contributed by atoms with van der Waals surface area (Å²) in [5.41, 5.74) is 2.43. The van der Waals surface area contributed by atoms with Crippen LogP contribution >= 0.6 is 0 Å². The summed E-state index contributed by atoms with van der Waals surface area (Å²) in [5, 5.41) is 9.10. The molecule has 2 aliphatic heterocycles. The Labute approximate surface area is 196 Å². The van der Waals surface area contributed by atoms with Crippen LogP contribution in [-0.4, -0.2) is 67.8 Å². The van der Waals surface area contributed by atoms with Crippen LogP contribution in [0.5, 0.6) is 0 Å². The smallest absolute Gasteiger partial charge is 0.243 e. The van der Waals surface area contributed by atoms with Gasteiger partial charge in [-0.05, 0) is 81.2 Å². The minimum absolute atomic E-state index is 0.0738. The summed E-state index contributed by atoms with van der Waals surface area (Å²) in [5.74, 6) is -0.526. The first-order valence-electron chi connectivity index (χ1n) is 11.6. The van der Waals surface area contributed by atoms with Crippen molar-refractivity contribution in [3.8, 4) is 6.07 Å². The van der Waals surface area contributed by atoms with Crippen LogP contribution in [0.3, 0.4) is 0 Å². The van der Waals surface area contributed by atoms with Gasteiger partial charge in [0.05, 0.1) is 16.5 Å². The normalized spacial score (nSPS) is 19.8. The topological polar surface area (TPSA) is 67.7 Å². The standard InChI is InChI=1S/C25H31FN4O2S/c1-20-6-7-23(26)17-25(20)33(31,32)30-11-3-10-29(14-15-30)24-8-12-28(13-9-24)19-22-5-2-4-21(16-22)18-27/h2,4-7,16-17,24H,3,8-15,19H2,1H3. The minimum atomic E-state index is -3.71. The van der Waals surface area contributed by atoms with Gasteiger partial charge in [-0.25, -0.2) is 12.8 Å². The second kappa shape index (κ2) is 10.3. The number of aryl methyl sites for hydroxylation is 1. The molecule has 176 valence electrons. The molecule has 0 unspecified atom stereocenters. The van der Waals surface area contributed by atoms with Crippen molar-refractivity contribution in [1.82, 2.24) is 14.1 Å². The maximum Gasteiger partial charge on any atom is 0.243 e. The zero-order valence-corrected chi connectivity index (χ0v) is 19.9. The van der Waals surface area contributed by atoms with Crippen LogP contribution in [0.4, 0.5) is 4.39 Å². The number of hydrogen-bond donors (Lipinski definition) is 0. The number of benzene rings is 2. The lowest BCUT2D eigenvalue weighted by atomic mass is 10.0. The Hall–Kier alpha value is -2.31. The van der Waals surface area contributed by atoms with E-state index in [0.29, 0.717) is 36.8 Å². The average Bonchev–Trinajstić information content (AvgIpc) is 3.08. The third kappa shape index (κ3) is 5.61. The molecular weight excluding hydrogens is 439 g/mol. The third-order valence-corrected chi connectivity index (χ3v) is 8.83. The van der Waals surface area contributed by atoms with Crippen molar-refractivity contribution in [2.75, 3.05) is 39.3 Å². The van der Waals surface area contributed by atoms with Crippen LogP contribution in [0, 0.1) is 24.1 Å². The highest BCUT2D eigenvalue weighted by Gasteiger charge is 2.31. The molecule has 2 heterocycles. The molecule has 8 heteroatoms. The predicted molar refractivity (Wildman–Crippen MR) is 126 cm³/mol. The maximum atomic E-state index is 13.7. The first kappa shape index (κ1) is 23.8. The fourth-order valence-corrected chi connectivity index (χ4v) is 6.66. The van der Waals surface area contributed by atoms with E-state index < -0.39 is 15.8 Å². The Balaban J connectivity index is 1.33. The number of likely N-dealkylation sites (tertiary alicyclic amines) is 1. The molecule has 2 aromatic rings. The summed E-state index contributed by atoms with van der Waals surface area (Å²) in [7, 11) is -3.71. The van der Waals surface area contributed by atoms with Crippen molar-refractivity contribution in [3.63, 3.8) is 0 Å². The first-order valence-corrected chi connectivity index (χ1v) is 13.0. The highest BCUT2D eigenvalue weighted by Crippen LogP contribution is 2.24. The van der Waals surface area contributed by atoms with E-state index >= 15 is 0 Å². The van der Waals surface area contributed by atoms with Gasteiger partial charge in [0.25, 0.3) is 0 Å². The largest absolute Gasteiger partial charge is 0.299 e. The zero-order chi connectivity index (χ0) is 23.4. The molecule has 0 saturated carbocycles. The number of nitrogens with zero attached hydrogens (tertiary/aromatic N) is 4. The summed E-state index contributed by atoms with van der Waals surface area (Å²) in [6, 6.07) is 14.4. The van der Waals surface area contributed by atoms with Crippen LogP contribution in [-0.2, 0) is 16.6 Å². The molecule has 2 saturated heterocycles. The summed E-state index contributed by atoms with van der Waals surface area (Å²) >= 11 is 0. The molecule has 2 aromatic carbocycles. The molecule has 2 fully saturated rings. The second-order valence-corrected chi connectivity index (χ2v) is 10.9. The summed E-state index contributed by atoms with van der Waals surface area (Å²) in [4.78, 5) is 4.93. The van der Waals surface area contributed by atoms with Gasteiger partial charge in [-0.15, -0.1) is 0 Å². The number of sulfonamides is 1. The molecule has 0 amide bonds. The lowest BCUT2D eigenvalue weighted by Crippen LogP contribution is -2.46. The van der Waals surface area contributed by atoms with Gasteiger partial charge in [0.2, 0.25) is 10.0 Å². The Morgan fingerprint density at radius 3 is 2.58 bits per heavy atom. The van der Waals surface area contributed by atoms with E-state index in [1.54, 1.807) is 6.92 Å². The molecule has 0 N–H and O–H groups in total. The molecule has 0 spiro atoms. The number of halogens is 1. The number of hydrogen-bond acceptors (Lipinski definition) is 5. The van der Waals surface area contributed by atoms with Gasteiger partial charge in [0, 0.05) is 32.2 Å². The van der Waals surface area contributed by atoms with Gasteiger partial charge < -0.3 is 0 Å². The fourth-order valence-electron chi connectivity index (χ4n) is 4.95. The molecule has 0 aromatic heterocycles. The SMILES string of the molecule is Cc1ccc(F)cc1S(=O)(=O)N1CCCN(C2CCN(Cc3cccc(C#N)c3)CC2)CC1. The predicted octanol–water partition coefficient (Wildman–Crippen LogP) is 3.37. The lowest BCUT2D eigenvalue weighted by molar-refractivity contribution is 0.108. The van der Waals surface area contributed by atoms with Crippen molar-refractivity contribution in [2.24, 2.45) is 0 Å². The third-order valence-electron chi connectivity index (χ3n) is 6.79. The second-order valence-electron chi connectivity index (χ2n) is 9.02. The Morgan fingerprint density at radius 2 is 1.82 bits per heavy atom. The number of rotatable bonds is 5. The van der Waals surface area contributed by atoms with Gasteiger partial charge >= 0.3 is 0 Å². The van der Waals surface area contributed by atoms with E-state index in [-0.39, 0.29) is 4.90 Å². The summed E-state index contributed by atoms with van der Waals surface area (Å²) in [6.45, 7) is 7.00. The van der Waals surface area contributed by atoms with Gasteiger partial charge in [-0.3, -0.25) is 9.80 Å². The summed E-state index contributed by atoms with van der Waals surface area (Å²) in [6.07, 6.45) is 2.87. The molecule has 0 atom stereocenters. The minimum Gasteiger partial charge on any atom is -0.299 e.